The summed E-state index contributed by atoms with van der Waals surface area (Å²) in [5.74, 6) is 1.96. The molecule has 0 amide bonds. The molecule has 0 radical (unpaired) electrons. The van der Waals surface area contributed by atoms with Gasteiger partial charge in [0.05, 0.1) is 5.69 Å². The quantitative estimate of drug-likeness (QED) is 0.170. The average molecular weight is 723 g/mol. The third kappa shape index (κ3) is 5.30. The molecule has 0 N–H and O–H groups in total. The second kappa shape index (κ2) is 12.8. The zero-order valence-corrected chi connectivity index (χ0v) is 30.2. The van der Waals surface area contributed by atoms with E-state index in [1.807, 2.05) is 72.8 Å². The lowest BCUT2D eigenvalue weighted by Gasteiger charge is -2.28. The SMILES string of the molecule is c1ccc(-c2nc(-c3ccccc3)nc(-c3ccc4c5c(cccc35)-c3ccc(N(c5ccccc5)c5cccc6c5oc5ccccc56)cc3S4)n2)cc1. The highest BCUT2D eigenvalue weighted by Gasteiger charge is 2.25. The van der Waals surface area contributed by atoms with Gasteiger partial charge in [-0.05, 0) is 65.0 Å². The third-order valence-electron chi connectivity index (χ3n) is 10.3. The molecule has 0 fully saturated rings. The largest absolute Gasteiger partial charge is 0.454 e. The van der Waals surface area contributed by atoms with Crippen LogP contribution in [0.15, 0.2) is 196 Å². The molecular weight excluding hydrogens is 693 g/mol. The van der Waals surface area contributed by atoms with Crippen LogP contribution >= 0.6 is 11.8 Å². The highest BCUT2D eigenvalue weighted by Crippen LogP contribution is 2.52. The van der Waals surface area contributed by atoms with Crippen molar-refractivity contribution < 1.29 is 4.42 Å². The molecule has 6 heteroatoms. The van der Waals surface area contributed by atoms with Gasteiger partial charge in [-0.2, -0.15) is 0 Å². The molecule has 0 aliphatic carbocycles. The Hall–Kier alpha value is -7.02. The van der Waals surface area contributed by atoms with Crippen molar-refractivity contribution in [3.63, 3.8) is 0 Å². The smallest absolute Gasteiger partial charge is 0.164 e. The van der Waals surface area contributed by atoms with E-state index < -0.39 is 0 Å². The summed E-state index contributed by atoms with van der Waals surface area (Å²) < 4.78 is 6.56. The van der Waals surface area contributed by atoms with Crippen LogP contribution in [-0.2, 0) is 0 Å². The van der Waals surface area contributed by atoms with Crippen LogP contribution in [0.25, 0.3) is 78.0 Å². The first-order valence-corrected chi connectivity index (χ1v) is 19.1. The van der Waals surface area contributed by atoms with Gasteiger partial charge in [-0.1, -0.05) is 145 Å². The lowest BCUT2D eigenvalue weighted by atomic mass is 9.94. The Morgan fingerprint density at radius 3 is 1.80 bits per heavy atom. The fourth-order valence-electron chi connectivity index (χ4n) is 7.80. The maximum Gasteiger partial charge on any atom is 0.164 e. The fourth-order valence-corrected chi connectivity index (χ4v) is 8.96. The Kier molecular flexibility index (Phi) is 7.35. The summed E-state index contributed by atoms with van der Waals surface area (Å²) in [6.07, 6.45) is 0. The summed E-state index contributed by atoms with van der Waals surface area (Å²) >= 11 is 1.81. The Bertz CT molecular complexity index is 3010. The summed E-state index contributed by atoms with van der Waals surface area (Å²) in [7, 11) is 0. The minimum atomic E-state index is 0.651. The molecule has 1 aliphatic heterocycles. The Balaban J connectivity index is 1.06. The predicted octanol–water partition coefficient (Wildman–Crippen LogP) is 13.5. The van der Waals surface area contributed by atoms with E-state index in [4.69, 9.17) is 19.4 Å². The van der Waals surface area contributed by atoms with Crippen LogP contribution in [0, 0.1) is 0 Å². The molecule has 0 saturated heterocycles. The highest BCUT2D eigenvalue weighted by atomic mass is 32.2. The zero-order valence-electron chi connectivity index (χ0n) is 29.4. The second-order valence-electron chi connectivity index (χ2n) is 13.6. The summed E-state index contributed by atoms with van der Waals surface area (Å²) in [6.45, 7) is 0. The first-order valence-electron chi connectivity index (χ1n) is 18.3. The fraction of sp³-hybridized carbons (Fsp3) is 0. The van der Waals surface area contributed by atoms with E-state index in [2.05, 4.69) is 114 Å². The van der Waals surface area contributed by atoms with E-state index in [-0.39, 0.29) is 0 Å². The van der Waals surface area contributed by atoms with Gasteiger partial charge in [-0.3, -0.25) is 0 Å². The first kappa shape index (κ1) is 31.5. The number of nitrogens with zero attached hydrogens (tertiary/aromatic N) is 4. The highest BCUT2D eigenvalue weighted by molar-refractivity contribution is 7.99. The number of fused-ring (bicyclic) bond motifs is 5. The lowest BCUT2D eigenvalue weighted by Crippen LogP contribution is -2.10. The van der Waals surface area contributed by atoms with Crippen LogP contribution < -0.4 is 4.90 Å². The molecule has 0 bridgehead atoms. The molecule has 1 aliphatic rings. The number of para-hydroxylation sites is 3. The van der Waals surface area contributed by atoms with E-state index in [0.717, 1.165) is 61.1 Å². The number of rotatable bonds is 6. The number of hydrogen-bond donors (Lipinski definition) is 0. The number of hydrogen-bond acceptors (Lipinski definition) is 6. The van der Waals surface area contributed by atoms with Gasteiger partial charge in [0.25, 0.3) is 0 Å². The monoisotopic (exact) mass is 722 g/mol. The molecule has 0 spiro atoms. The molecule has 55 heavy (non-hydrogen) atoms. The number of furan rings is 1. The van der Waals surface area contributed by atoms with Crippen LogP contribution in [0.1, 0.15) is 0 Å². The van der Waals surface area contributed by atoms with E-state index in [9.17, 15) is 0 Å². The third-order valence-corrected chi connectivity index (χ3v) is 11.4. The van der Waals surface area contributed by atoms with Crippen LogP contribution in [0.4, 0.5) is 17.1 Å². The molecule has 0 atom stereocenters. The van der Waals surface area contributed by atoms with E-state index in [0.29, 0.717) is 17.5 Å². The van der Waals surface area contributed by atoms with E-state index in [1.165, 1.54) is 26.3 Å². The van der Waals surface area contributed by atoms with Gasteiger partial charge in [0.2, 0.25) is 0 Å². The van der Waals surface area contributed by atoms with Crippen molar-refractivity contribution in [2.75, 3.05) is 4.90 Å². The molecule has 258 valence electrons. The molecule has 3 heterocycles. The molecule has 10 aromatic rings. The van der Waals surface area contributed by atoms with Gasteiger partial charge in [-0.25, -0.2) is 15.0 Å². The summed E-state index contributed by atoms with van der Waals surface area (Å²) in [5, 5.41) is 4.54. The van der Waals surface area contributed by atoms with Crippen LogP contribution in [0.3, 0.4) is 0 Å². The molecule has 0 saturated carbocycles. The number of benzene rings is 8. The molecule has 8 aromatic carbocycles. The predicted molar refractivity (Wildman–Crippen MR) is 225 cm³/mol. The van der Waals surface area contributed by atoms with Gasteiger partial charge < -0.3 is 9.32 Å². The second-order valence-corrected chi connectivity index (χ2v) is 14.7. The minimum Gasteiger partial charge on any atom is -0.454 e. The molecular formula is C49H30N4OS. The van der Waals surface area contributed by atoms with Crippen molar-refractivity contribution in [3.05, 3.63) is 182 Å². The van der Waals surface area contributed by atoms with E-state index >= 15 is 0 Å². The van der Waals surface area contributed by atoms with Gasteiger partial charge >= 0.3 is 0 Å². The number of aromatic nitrogens is 3. The van der Waals surface area contributed by atoms with Gasteiger partial charge in [0.1, 0.15) is 5.58 Å². The molecule has 2 aromatic heterocycles. The molecule has 11 rings (SSSR count). The summed E-state index contributed by atoms with van der Waals surface area (Å²) in [5.41, 5.74) is 10.1. The first-order chi connectivity index (χ1) is 27.3. The lowest BCUT2D eigenvalue weighted by molar-refractivity contribution is 0.669. The standard InChI is InChI=1S/C49H30N4OS/c1-4-14-31(15-5-1)47-50-48(32-16-6-2-7-17-32)52-49(51-47)40-28-29-43-45-37(21-12-22-38(40)45)36-27-26-34(30-44(36)55-43)53(33-18-8-3-9-19-33)41-24-13-23-39-35-20-10-11-25-42(35)54-46(39)41/h1-30H. The van der Waals surface area contributed by atoms with Crippen molar-refractivity contribution in [2.24, 2.45) is 0 Å². The summed E-state index contributed by atoms with van der Waals surface area (Å²) in [6, 6.07) is 63.2. The molecule has 0 unspecified atom stereocenters. The van der Waals surface area contributed by atoms with Crippen LogP contribution in [0.5, 0.6) is 0 Å². The Labute approximate surface area is 321 Å². The average Bonchev–Trinajstić information content (AvgIpc) is 3.64. The van der Waals surface area contributed by atoms with Crippen LogP contribution in [0.2, 0.25) is 0 Å². The zero-order chi connectivity index (χ0) is 36.3. The van der Waals surface area contributed by atoms with Crippen LogP contribution in [-0.4, -0.2) is 15.0 Å². The Morgan fingerprint density at radius 1 is 0.418 bits per heavy atom. The van der Waals surface area contributed by atoms with Gasteiger partial charge in [0.15, 0.2) is 23.1 Å². The summed E-state index contributed by atoms with van der Waals surface area (Å²) in [4.78, 5) is 19.8. The molecule has 5 nitrogen and oxygen atoms in total. The Morgan fingerprint density at radius 2 is 1.04 bits per heavy atom. The minimum absolute atomic E-state index is 0.651. The topological polar surface area (TPSA) is 55.1 Å². The van der Waals surface area contributed by atoms with Gasteiger partial charge in [-0.15, -0.1) is 0 Å². The van der Waals surface area contributed by atoms with Crippen molar-refractivity contribution >= 4 is 61.5 Å². The maximum absolute atomic E-state index is 6.56. The van der Waals surface area contributed by atoms with Crippen molar-refractivity contribution in [1.29, 1.82) is 0 Å². The van der Waals surface area contributed by atoms with Crippen molar-refractivity contribution in [3.8, 4) is 45.3 Å². The van der Waals surface area contributed by atoms with Gasteiger partial charge in [0, 0.05) is 54.0 Å². The maximum atomic E-state index is 6.56. The number of anilines is 3. The van der Waals surface area contributed by atoms with Crippen molar-refractivity contribution in [1.82, 2.24) is 15.0 Å². The van der Waals surface area contributed by atoms with Crippen molar-refractivity contribution in [2.45, 2.75) is 9.79 Å². The normalized spacial score (nSPS) is 11.9. The van der Waals surface area contributed by atoms with E-state index in [1.54, 1.807) is 11.8 Å².